The first-order valence-corrected chi connectivity index (χ1v) is 5.48. The van der Waals surface area contributed by atoms with Gasteiger partial charge >= 0.3 is 0 Å². The Bertz CT molecular complexity index is 398. The lowest BCUT2D eigenvalue weighted by Crippen LogP contribution is -2.13. The number of hydrogen-bond donors (Lipinski definition) is 3. The molecular weight excluding hydrogens is 206 g/mol. The van der Waals surface area contributed by atoms with E-state index in [-0.39, 0.29) is 0 Å². The van der Waals surface area contributed by atoms with E-state index in [4.69, 9.17) is 10.3 Å². The number of aliphatic hydroxyl groups is 1. The molecule has 4 N–H and O–H groups in total. The predicted molar refractivity (Wildman–Crippen MR) is 52.2 cm³/mol. The third-order valence-electron chi connectivity index (χ3n) is 1.69. The van der Waals surface area contributed by atoms with Gasteiger partial charge in [-0.3, -0.25) is 4.55 Å². The number of nitrogen functional groups attached to an aromatic ring is 1. The van der Waals surface area contributed by atoms with E-state index >= 15 is 0 Å². The van der Waals surface area contributed by atoms with Gasteiger partial charge in [-0.05, 0) is 17.7 Å². The lowest BCUT2D eigenvalue weighted by Gasteiger charge is -2.08. The highest BCUT2D eigenvalue weighted by atomic mass is 32.2. The van der Waals surface area contributed by atoms with Crippen molar-refractivity contribution in [3.63, 3.8) is 0 Å². The lowest BCUT2D eigenvalue weighted by molar-refractivity contribution is 0.199. The van der Waals surface area contributed by atoms with Crippen LogP contribution in [0.4, 0.5) is 5.69 Å². The van der Waals surface area contributed by atoms with Gasteiger partial charge in [0.15, 0.2) is 0 Å². The normalized spacial score (nSPS) is 13.9. The van der Waals surface area contributed by atoms with Crippen LogP contribution in [0.2, 0.25) is 0 Å². The van der Waals surface area contributed by atoms with Crippen molar-refractivity contribution in [1.29, 1.82) is 0 Å². The average molecular weight is 217 g/mol. The van der Waals surface area contributed by atoms with Crippen molar-refractivity contribution in [3.8, 4) is 0 Å². The number of aliphatic hydroxyl groups excluding tert-OH is 1. The molecule has 0 heterocycles. The van der Waals surface area contributed by atoms with E-state index in [2.05, 4.69) is 0 Å². The Morgan fingerprint density at radius 3 is 2.21 bits per heavy atom. The fourth-order valence-electron chi connectivity index (χ4n) is 1.01. The molecular formula is C8H11NO4S. The molecule has 1 aromatic rings. The molecule has 78 valence electrons. The highest BCUT2D eigenvalue weighted by molar-refractivity contribution is 7.85. The molecule has 1 rings (SSSR count). The van der Waals surface area contributed by atoms with Crippen LogP contribution in [0.1, 0.15) is 11.7 Å². The van der Waals surface area contributed by atoms with Gasteiger partial charge in [-0.25, -0.2) is 0 Å². The standard InChI is InChI=1S/C8H11NO4S/c9-7-3-1-6(2-4-7)8(10)5-14(11,12)13/h1-4,8,10H,5,9H2,(H,11,12,13). The maximum absolute atomic E-state index is 10.5. The SMILES string of the molecule is Nc1ccc(C(O)CS(=O)(=O)O)cc1. The van der Waals surface area contributed by atoms with Crippen LogP contribution in [0, 0.1) is 0 Å². The van der Waals surface area contributed by atoms with E-state index in [0.717, 1.165) is 0 Å². The highest BCUT2D eigenvalue weighted by Gasteiger charge is 2.15. The quantitative estimate of drug-likeness (QED) is 0.495. The number of rotatable bonds is 3. The van der Waals surface area contributed by atoms with Gasteiger partial charge in [0, 0.05) is 5.69 Å². The summed E-state index contributed by atoms with van der Waals surface area (Å²) in [6.45, 7) is 0. The molecule has 0 aliphatic rings. The molecule has 0 spiro atoms. The second-order valence-electron chi connectivity index (χ2n) is 2.93. The van der Waals surface area contributed by atoms with Gasteiger partial charge < -0.3 is 10.8 Å². The van der Waals surface area contributed by atoms with E-state index in [1.165, 1.54) is 12.1 Å². The Labute approximate surface area is 81.9 Å². The fourth-order valence-corrected chi connectivity index (χ4v) is 1.61. The zero-order chi connectivity index (χ0) is 10.8. The highest BCUT2D eigenvalue weighted by Crippen LogP contribution is 2.15. The Balaban J connectivity index is 2.80. The van der Waals surface area contributed by atoms with Crippen molar-refractivity contribution in [1.82, 2.24) is 0 Å². The molecule has 1 unspecified atom stereocenters. The molecule has 5 nitrogen and oxygen atoms in total. The summed E-state index contributed by atoms with van der Waals surface area (Å²) in [7, 11) is -4.16. The summed E-state index contributed by atoms with van der Waals surface area (Å²) in [5.41, 5.74) is 6.33. The molecule has 0 radical (unpaired) electrons. The van der Waals surface area contributed by atoms with Crippen molar-refractivity contribution in [2.24, 2.45) is 0 Å². The van der Waals surface area contributed by atoms with Crippen LogP contribution < -0.4 is 5.73 Å². The van der Waals surface area contributed by atoms with Crippen LogP contribution in [0.5, 0.6) is 0 Å². The minimum Gasteiger partial charge on any atom is -0.399 e. The molecule has 0 aromatic heterocycles. The van der Waals surface area contributed by atoms with Gasteiger partial charge in [0.05, 0.1) is 6.10 Å². The molecule has 0 aliphatic carbocycles. The van der Waals surface area contributed by atoms with Gasteiger partial charge in [0.1, 0.15) is 5.75 Å². The molecule has 1 atom stereocenters. The summed E-state index contributed by atoms with van der Waals surface area (Å²) >= 11 is 0. The lowest BCUT2D eigenvalue weighted by atomic mass is 10.1. The van der Waals surface area contributed by atoms with Crippen LogP contribution in [0.25, 0.3) is 0 Å². The molecule has 0 aliphatic heterocycles. The maximum atomic E-state index is 10.5. The van der Waals surface area contributed by atoms with Crippen molar-refractivity contribution >= 4 is 15.8 Å². The summed E-state index contributed by atoms with van der Waals surface area (Å²) in [5.74, 6) is -0.711. The van der Waals surface area contributed by atoms with E-state index in [9.17, 15) is 13.5 Å². The topological polar surface area (TPSA) is 101 Å². The third-order valence-corrected chi connectivity index (χ3v) is 2.43. The van der Waals surface area contributed by atoms with Gasteiger partial charge in [-0.15, -0.1) is 0 Å². The number of hydrogen-bond acceptors (Lipinski definition) is 4. The van der Waals surface area contributed by atoms with Gasteiger partial charge in [0.2, 0.25) is 0 Å². The van der Waals surface area contributed by atoms with Crippen molar-refractivity contribution in [2.45, 2.75) is 6.10 Å². The Hall–Kier alpha value is -1.11. The number of nitrogens with two attached hydrogens (primary N) is 1. The summed E-state index contributed by atoms with van der Waals surface area (Å²) in [6, 6.07) is 6.10. The van der Waals surface area contributed by atoms with E-state index < -0.39 is 22.0 Å². The maximum Gasteiger partial charge on any atom is 0.267 e. The molecule has 14 heavy (non-hydrogen) atoms. The Morgan fingerprint density at radius 2 is 1.79 bits per heavy atom. The minimum absolute atomic E-state index is 0.400. The number of anilines is 1. The monoisotopic (exact) mass is 217 g/mol. The molecule has 0 bridgehead atoms. The molecule has 6 heteroatoms. The zero-order valence-electron chi connectivity index (χ0n) is 7.29. The predicted octanol–water partition coefficient (Wildman–Crippen LogP) is 0.190. The second-order valence-corrected chi connectivity index (χ2v) is 4.43. The van der Waals surface area contributed by atoms with Crippen LogP contribution in [-0.2, 0) is 10.1 Å². The summed E-state index contributed by atoms with van der Waals surface area (Å²) in [5, 5.41) is 9.37. The molecule has 1 aromatic carbocycles. The van der Waals surface area contributed by atoms with E-state index in [1.807, 2.05) is 0 Å². The minimum atomic E-state index is -4.16. The summed E-state index contributed by atoms with van der Waals surface area (Å²) in [6.07, 6.45) is -1.23. The first-order valence-electron chi connectivity index (χ1n) is 3.87. The van der Waals surface area contributed by atoms with Crippen molar-refractivity contribution in [2.75, 3.05) is 11.5 Å². The molecule has 0 saturated heterocycles. The summed E-state index contributed by atoms with van der Waals surface area (Å²) in [4.78, 5) is 0. The largest absolute Gasteiger partial charge is 0.399 e. The fraction of sp³-hybridized carbons (Fsp3) is 0.250. The van der Waals surface area contributed by atoms with Crippen LogP contribution in [0.3, 0.4) is 0 Å². The van der Waals surface area contributed by atoms with E-state index in [0.29, 0.717) is 11.3 Å². The average Bonchev–Trinajstić information content (AvgIpc) is 2.02. The third kappa shape index (κ3) is 3.33. The first-order chi connectivity index (χ1) is 6.38. The second kappa shape index (κ2) is 3.95. The van der Waals surface area contributed by atoms with Gasteiger partial charge in [-0.2, -0.15) is 8.42 Å². The Kier molecular flexibility index (Phi) is 3.10. The van der Waals surface area contributed by atoms with Crippen LogP contribution in [0.15, 0.2) is 24.3 Å². The molecule has 0 fully saturated rings. The van der Waals surface area contributed by atoms with Crippen molar-refractivity contribution < 1.29 is 18.1 Å². The van der Waals surface area contributed by atoms with Gasteiger partial charge in [-0.1, -0.05) is 12.1 Å². The van der Waals surface area contributed by atoms with Crippen LogP contribution in [-0.4, -0.2) is 23.8 Å². The van der Waals surface area contributed by atoms with Crippen LogP contribution >= 0.6 is 0 Å². The zero-order valence-corrected chi connectivity index (χ0v) is 8.11. The van der Waals surface area contributed by atoms with Crippen molar-refractivity contribution in [3.05, 3.63) is 29.8 Å². The van der Waals surface area contributed by atoms with E-state index in [1.54, 1.807) is 12.1 Å². The first kappa shape index (κ1) is 11.0. The molecule has 0 saturated carbocycles. The summed E-state index contributed by atoms with van der Waals surface area (Å²) < 4.78 is 29.4. The smallest absolute Gasteiger partial charge is 0.267 e. The Morgan fingerprint density at radius 1 is 1.29 bits per heavy atom. The molecule has 0 amide bonds. The number of benzene rings is 1. The van der Waals surface area contributed by atoms with Gasteiger partial charge in [0.25, 0.3) is 10.1 Å².